The monoisotopic (exact) mass is 351 g/mol. The SMILES string of the molecule is O=C(Cc1ccccc1)c1cc2cc3c(cc2[nH]1)C(c1ccncc1)=NC3. The predicted octanol–water partition coefficient (Wildman–Crippen LogP) is 4.34. The number of benzene rings is 2. The first-order valence-corrected chi connectivity index (χ1v) is 8.96. The highest BCUT2D eigenvalue weighted by atomic mass is 16.1. The smallest absolute Gasteiger partial charge is 0.183 e. The number of nitrogens with one attached hydrogen (secondary N) is 1. The number of aliphatic imine (C=N–C) groups is 1. The third kappa shape index (κ3) is 2.85. The van der Waals surface area contributed by atoms with Gasteiger partial charge in [0.2, 0.25) is 0 Å². The van der Waals surface area contributed by atoms with Gasteiger partial charge in [-0.2, -0.15) is 0 Å². The summed E-state index contributed by atoms with van der Waals surface area (Å²) >= 11 is 0. The number of hydrogen-bond donors (Lipinski definition) is 1. The summed E-state index contributed by atoms with van der Waals surface area (Å²) in [7, 11) is 0. The van der Waals surface area contributed by atoms with Crippen LogP contribution in [0.4, 0.5) is 0 Å². The molecular weight excluding hydrogens is 334 g/mol. The number of rotatable bonds is 4. The van der Waals surface area contributed by atoms with Crippen molar-refractivity contribution in [3.63, 3.8) is 0 Å². The van der Waals surface area contributed by atoms with Crippen LogP contribution in [0.5, 0.6) is 0 Å². The Hall–Kier alpha value is -3.53. The van der Waals surface area contributed by atoms with Crippen molar-refractivity contribution in [2.24, 2.45) is 4.99 Å². The molecule has 0 spiro atoms. The van der Waals surface area contributed by atoms with E-state index in [2.05, 4.69) is 22.1 Å². The summed E-state index contributed by atoms with van der Waals surface area (Å²) in [4.78, 5) is 24.7. The molecule has 130 valence electrons. The molecule has 1 aliphatic heterocycles. The largest absolute Gasteiger partial charge is 0.352 e. The summed E-state index contributed by atoms with van der Waals surface area (Å²) < 4.78 is 0. The van der Waals surface area contributed by atoms with Gasteiger partial charge in [0.1, 0.15) is 0 Å². The number of fused-ring (bicyclic) bond motifs is 2. The van der Waals surface area contributed by atoms with Crippen LogP contribution < -0.4 is 0 Å². The number of Topliss-reactive ketones (excluding diaryl/α,β-unsaturated/α-hetero) is 1. The topological polar surface area (TPSA) is 58.1 Å². The second kappa shape index (κ2) is 6.32. The number of nitrogens with zero attached hydrogens (tertiary/aromatic N) is 2. The van der Waals surface area contributed by atoms with E-state index in [9.17, 15) is 4.79 Å². The second-order valence-electron chi connectivity index (χ2n) is 6.77. The van der Waals surface area contributed by atoms with Crippen molar-refractivity contribution in [2.75, 3.05) is 0 Å². The van der Waals surface area contributed by atoms with Gasteiger partial charge in [-0.3, -0.25) is 14.8 Å². The van der Waals surface area contributed by atoms with Crippen molar-refractivity contribution in [2.45, 2.75) is 13.0 Å². The number of hydrogen-bond acceptors (Lipinski definition) is 3. The molecule has 0 atom stereocenters. The quantitative estimate of drug-likeness (QED) is 0.556. The number of H-pyrrole nitrogens is 1. The molecule has 2 aromatic carbocycles. The fourth-order valence-electron chi connectivity index (χ4n) is 3.61. The molecule has 0 aliphatic carbocycles. The zero-order valence-electron chi connectivity index (χ0n) is 14.6. The third-order valence-electron chi connectivity index (χ3n) is 4.97. The summed E-state index contributed by atoms with van der Waals surface area (Å²) in [6, 6.07) is 20.0. The van der Waals surface area contributed by atoms with Crippen LogP contribution in [0.1, 0.15) is 32.7 Å². The van der Waals surface area contributed by atoms with Gasteiger partial charge in [-0.05, 0) is 41.5 Å². The minimum atomic E-state index is 0.0978. The highest BCUT2D eigenvalue weighted by Crippen LogP contribution is 2.28. The van der Waals surface area contributed by atoms with Gasteiger partial charge in [-0.15, -0.1) is 0 Å². The maximum absolute atomic E-state index is 12.7. The Morgan fingerprint density at radius 2 is 1.81 bits per heavy atom. The molecule has 1 aliphatic rings. The van der Waals surface area contributed by atoms with E-state index in [-0.39, 0.29) is 5.78 Å². The standard InChI is InChI=1S/C23H17N3O/c27-22(10-15-4-2-1-3-5-15)21-12-17-11-18-14-25-23(16-6-8-24-9-7-16)19(18)13-20(17)26-21/h1-9,11-13,26H,10,14H2. The van der Waals surface area contributed by atoms with Crippen molar-refractivity contribution in [3.05, 3.63) is 101 Å². The molecular formula is C23H17N3O. The first kappa shape index (κ1) is 15.7. The van der Waals surface area contributed by atoms with Gasteiger partial charge < -0.3 is 4.98 Å². The molecule has 2 aromatic heterocycles. The van der Waals surface area contributed by atoms with Gasteiger partial charge in [-0.25, -0.2) is 0 Å². The van der Waals surface area contributed by atoms with Crippen LogP contribution in [0.2, 0.25) is 0 Å². The molecule has 4 nitrogen and oxygen atoms in total. The van der Waals surface area contributed by atoms with Crippen LogP contribution >= 0.6 is 0 Å². The zero-order valence-corrected chi connectivity index (χ0v) is 14.6. The molecule has 5 rings (SSSR count). The average molecular weight is 351 g/mol. The first-order valence-electron chi connectivity index (χ1n) is 8.96. The molecule has 0 radical (unpaired) electrons. The molecule has 0 bridgehead atoms. The van der Waals surface area contributed by atoms with Crippen LogP contribution in [0.3, 0.4) is 0 Å². The molecule has 0 unspecified atom stereocenters. The van der Waals surface area contributed by atoms with E-state index in [0.717, 1.165) is 33.3 Å². The summed E-state index contributed by atoms with van der Waals surface area (Å²) in [6.45, 7) is 0.668. The zero-order chi connectivity index (χ0) is 18.2. The van der Waals surface area contributed by atoms with Crippen LogP contribution in [-0.4, -0.2) is 21.5 Å². The van der Waals surface area contributed by atoms with E-state index in [1.165, 1.54) is 5.56 Å². The van der Waals surface area contributed by atoms with Gasteiger partial charge in [-0.1, -0.05) is 30.3 Å². The molecule has 27 heavy (non-hydrogen) atoms. The van der Waals surface area contributed by atoms with Crippen molar-refractivity contribution < 1.29 is 4.79 Å². The normalized spacial score (nSPS) is 12.8. The summed E-state index contributed by atoms with van der Waals surface area (Å²) in [6.07, 6.45) is 3.96. The van der Waals surface area contributed by atoms with Crippen LogP contribution in [0.15, 0.2) is 78.0 Å². The van der Waals surface area contributed by atoms with Gasteiger partial charge in [0, 0.05) is 40.8 Å². The lowest BCUT2D eigenvalue weighted by Gasteiger charge is -2.04. The Bertz CT molecular complexity index is 1170. The van der Waals surface area contributed by atoms with E-state index >= 15 is 0 Å². The maximum atomic E-state index is 12.7. The minimum Gasteiger partial charge on any atom is -0.352 e. The van der Waals surface area contributed by atoms with E-state index < -0.39 is 0 Å². The van der Waals surface area contributed by atoms with Gasteiger partial charge >= 0.3 is 0 Å². The Morgan fingerprint density at radius 3 is 2.63 bits per heavy atom. The number of carbonyl (C=O) groups excluding carboxylic acids is 1. The molecule has 4 heteroatoms. The molecule has 0 amide bonds. The van der Waals surface area contributed by atoms with E-state index in [1.54, 1.807) is 12.4 Å². The van der Waals surface area contributed by atoms with Crippen LogP contribution in [-0.2, 0) is 13.0 Å². The number of ketones is 1. The summed E-state index contributed by atoms with van der Waals surface area (Å²) in [5.41, 5.74) is 7.01. The molecule has 0 saturated heterocycles. The molecule has 1 N–H and O–H groups in total. The highest BCUT2D eigenvalue weighted by Gasteiger charge is 2.20. The van der Waals surface area contributed by atoms with Gasteiger partial charge in [0.15, 0.2) is 5.78 Å². The Kier molecular flexibility index (Phi) is 3.68. The number of aromatic amines is 1. The van der Waals surface area contributed by atoms with Crippen molar-refractivity contribution in [1.29, 1.82) is 0 Å². The fraction of sp³-hybridized carbons (Fsp3) is 0.0870. The third-order valence-corrected chi connectivity index (χ3v) is 4.97. The van der Waals surface area contributed by atoms with Crippen LogP contribution in [0.25, 0.3) is 10.9 Å². The van der Waals surface area contributed by atoms with Crippen LogP contribution in [0, 0.1) is 0 Å². The fourth-order valence-corrected chi connectivity index (χ4v) is 3.61. The maximum Gasteiger partial charge on any atom is 0.183 e. The Labute approximate surface area is 156 Å². The number of pyridine rings is 1. The van der Waals surface area contributed by atoms with Gasteiger partial charge in [0.05, 0.1) is 18.0 Å². The van der Waals surface area contributed by atoms with Crippen molar-refractivity contribution in [1.82, 2.24) is 9.97 Å². The lowest BCUT2D eigenvalue weighted by atomic mass is 9.99. The lowest BCUT2D eigenvalue weighted by Crippen LogP contribution is -2.03. The number of aromatic nitrogens is 2. The molecule has 0 saturated carbocycles. The first-order chi connectivity index (χ1) is 13.3. The minimum absolute atomic E-state index is 0.0978. The average Bonchev–Trinajstić information content (AvgIpc) is 3.31. The van der Waals surface area contributed by atoms with Crippen molar-refractivity contribution >= 4 is 22.4 Å². The summed E-state index contributed by atoms with van der Waals surface area (Å²) in [5, 5.41) is 1.05. The molecule has 4 aromatic rings. The summed E-state index contributed by atoms with van der Waals surface area (Å²) in [5.74, 6) is 0.0978. The van der Waals surface area contributed by atoms with E-state index in [4.69, 9.17) is 4.99 Å². The predicted molar refractivity (Wildman–Crippen MR) is 106 cm³/mol. The van der Waals surface area contributed by atoms with Crippen molar-refractivity contribution in [3.8, 4) is 0 Å². The van der Waals surface area contributed by atoms with E-state index in [0.29, 0.717) is 18.7 Å². The Balaban J connectivity index is 1.49. The second-order valence-corrected chi connectivity index (χ2v) is 6.77. The molecule has 0 fully saturated rings. The Morgan fingerprint density at radius 1 is 1.00 bits per heavy atom. The molecule has 3 heterocycles. The lowest BCUT2D eigenvalue weighted by molar-refractivity contribution is 0.0989. The van der Waals surface area contributed by atoms with E-state index in [1.807, 2.05) is 48.5 Å². The highest BCUT2D eigenvalue weighted by molar-refractivity contribution is 6.16. The number of carbonyl (C=O) groups is 1. The van der Waals surface area contributed by atoms with Gasteiger partial charge in [0.25, 0.3) is 0 Å².